The predicted octanol–water partition coefficient (Wildman–Crippen LogP) is 0.857. The van der Waals surface area contributed by atoms with Crippen molar-refractivity contribution in [1.82, 2.24) is 26.1 Å². The van der Waals surface area contributed by atoms with Crippen LogP contribution in [-0.2, 0) is 17.6 Å². The van der Waals surface area contributed by atoms with E-state index in [0.29, 0.717) is 6.54 Å². The van der Waals surface area contributed by atoms with Gasteiger partial charge in [0.25, 0.3) is 0 Å². The van der Waals surface area contributed by atoms with Crippen molar-refractivity contribution in [3.05, 3.63) is 47.5 Å². The van der Waals surface area contributed by atoms with Crippen molar-refractivity contribution in [2.24, 2.45) is 5.92 Å². The number of imidazole rings is 1. The van der Waals surface area contributed by atoms with Gasteiger partial charge in [0, 0.05) is 30.8 Å². The Morgan fingerprint density at radius 2 is 2.32 bits per heavy atom. The number of carbonyl (C=O) groups is 1. The number of H-pyrrole nitrogens is 1. The summed E-state index contributed by atoms with van der Waals surface area (Å²) in [6, 6.07) is 6.16. The average molecular weight is 341 g/mol. The summed E-state index contributed by atoms with van der Waals surface area (Å²) in [6.45, 7) is 0.602. The molecule has 25 heavy (non-hydrogen) atoms. The zero-order valence-corrected chi connectivity index (χ0v) is 14.2. The molecule has 2 heterocycles. The van der Waals surface area contributed by atoms with Crippen LogP contribution in [0.1, 0.15) is 29.3 Å². The highest BCUT2D eigenvalue weighted by Gasteiger charge is 2.43. The monoisotopic (exact) mass is 341 g/mol. The number of aromatic amines is 1. The molecule has 132 valence electrons. The molecule has 1 fully saturated rings. The van der Waals surface area contributed by atoms with Gasteiger partial charge in [0.15, 0.2) is 0 Å². The van der Waals surface area contributed by atoms with Gasteiger partial charge in [0.05, 0.1) is 19.5 Å². The highest BCUT2D eigenvalue weighted by Crippen LogP contribution is 2.40. The summed E-state index contributed by atoms with van der Waals surface area (Å²) in [5, 5.41) is 3.03. The molecule has 1 amide bonds. The highest BCUT2D eigenvalue weighted by atomic mass is 16.5. The van der Waals surface area contributed by atoms with E-state index in [2.05, 4.69) is 38.3 Å². The first kappa shape index (κ1) is 16.1. The van der Waals surface area contributed by atoms with Gasteiger partial charge in [-0.15, -0.1) is 0 Å². The van der Waals surface area contributed by atoms with Crippen molar-refractivity contribution in [1.29, 1.82) is 0 Å². The van der Waals surface area contributed by atoms with Crippen molar-refractivity contribution < 1.29 is 9.53 Å². The van der Waals surface area contributed by atoms with Crippen LogP contribution >= 0.6 is 0 Å². The number of aryl methyl sites for hydroxylation is 1. The number of amides is 1. The van der Waals surface area contributed by atoms with Crippen LogP contribution < -0.4 is 20.9 Å². The zero-order chi connectivity index (χ0) is 17.2. The zero-order valence-electron chi connectivity index (χ0n) is 14.2. The van der Waals surface area contributed by atoms with Gasteiger partial charge in [-0.05, 0) is 36.1 Å². The molecule has 4 rings (SSSR count). The molecule has 2 aliphatic rings. The fourth-order valence-corrected chi connectivity index (χ4v) is 3.89. The average Bonchev–Trinajstić information content (AvgIpc) is 3.30. The van der Waals surface area contributed by atoms with Crippen molar-refractivity contribution in [2.45, 2.75) is 31.3 Å². The highest BCUT2D eigenvalue weighted by molar-refractivity contribution is 5.82. The Balaban J connectivity index is 1.39. The quantitative estimate of drug-likeness (QED) is 0.647. The van der Waals surface area contributed by atoms with Gasteiger partial charge in [0.2, 0.25) is 5.91 Å². The molecule has 4 N–H and O–H groups in total. The number of rotatable bonds is 5. The van der Waals surface area contributed by atoms with Crippen LogP contribution in [0, 0.1) is 5.92 Å². The van der Waals surface area contributed by atoms with Crippen molar-refractivity contribution in [3.8, 4) is 5.75 Å². The van der Waals surface area contributed by atoms with E-state index < -0.39 is 0 Å². The Morgan fingerprint density at radius 3 is 3.12 bits per heavy atom. The summed E-state index contributed by atoms with van der Waals surface area (Å²) in [4.78, 5) is 19.6. The van der Waals surface area contributed by atoms with E-state index in [4.69, 9.17) is 4.74 Å². The molecule has 1 aromatic carbocycles. The predicted molar refractivity (Wildman–Crippen MR) is 92.9 cm³/mol. The minimum absolute atomic E-state index is 0.0523. The fourth-order valence-electron chi connectivity index (χ4n) is 3.89. The summed E-state index contributed by atoms with van der Waals surface area (Å²) in [5.41, 5.74) is 10.1. The molecule has 3 unspecified atom stereocenters. The molecule has 0 bridgehead atoms. The third kappa shape index (κ3) is 3.12. The number of carbonyl (C=O) groups excluding carboxylic acids is 1. The van der Waals surface area contributed by atoms with Crippen LogP contribution in [0.4, 0.5) is 0 Å². The minimum atomic E-state index is -0.206. The topological polar surface area (TPSA) is 91.1 Å². The number of benzene rings is 1. The smallest absolute Gasteiger partial charge is 0.238 e. The molecule has 7 nitrogen and oxygen atoms in total. The molecule has 3 atom stereocenters. The molecule has 1 aliphatic carbocycles. The molecular formula is C18H23N5O2. The van der Waals surface area contributed by atoms with Crippen molar-refractivity contribution >= 4 is 5.91 Å². The Labute approximate surface area is 146 Å². The molecule has 1 aliphatic heterocycles. The number of fused-ring (bicyclic) bond motifs is 3. The third-order valence-electron chi connectivity index (χ3n) is 5.21. The standard InChI is InChI=1S/C18H23N5O2/c1-25-13-3-5-14-11(8-13)2-4-15-16(14)22-23-17(15)18(24)20-7-6-12-9-19-10-21-12/h3,5,8-10,15-17,22-23H,2,4,6-7H2,1H3,(H,19,21)(H,20,24). The maximum Gasteiger partial charge on any atom is 0.238 e. The first-order chi connectivity index (χ1) is 12.3. The lowest BCUT2D eigenvalue weighted by atomic mass is 9.77. The van der Waals surface area contributed by atoms with Gasteiger partial charge >= 0.3 is 0 Å². The summed E-state index contributed by atoms with van der Waals surface area (Å²) < 4.78 is 5.32. The van der Waals surface area contributed by atoms with E-state index in [1.54, 1.807) is 19.6 Å². The van der Waals surface area contributed by atoms with Crippen LogP contribution in [-0.4, -0.2) is 35.6 Å². The Hall–Kier alpha value is -2.38. The van der Waals surface area contributed by atoms with Gasteiger partial charge in [-0.2, -0.15) is 0 Å². The lowest BCUT2D eigenvalue weighted by Gasteiger charge is -2.29. The van der Waals surface area contributed by atoms with Gasteiger partial charge in [-0.3, -0.25) is 4.79 Å². The van der Waals surface area contributed by atoms with Crippen molar-refractivity contribution in [3.63, 3.8) is 0 Å². The third-order valence-corrected chi connectivity index (χ3v) is 5.21. The number of hydrazine groups is 1. The van der Waals surface area contributed by atoms with Crippen molar-refractivity contribution in [2.75, 3.05) is 13.7 Å². The van der Waals surface area contributed by atoms with E-state index in [9.17, 15) is 4.79 Å². The number of nitrogens with zero attached hydrogens (tertiary/aromatic N) is 1. The van der Waals surface area contributed by atoms with E-state index >= 15 is 0 Å². The molecule has 0 radical (unpaired) electrons. The van der Waals surface area contributed by atoms with E-state index in [1.807, 2.05) is 6.07 Å². The van der Waals surface area contributed by atoms with E-state index in [0.717, 1.165) is 30.7 Å². The van der Waals surface area contributed by atoms with Crippen LogP contribution in [0.5, 0.6) is 5.75 Å². The normalized spacial score (nSPS) is 24.4. The molecule has 0 saturated carbocycles. The summed E-state index contributed by atoms with van der Waals surface area (Å²) in [7, 11) is 1.69. The lowest BCUT2D eigenvalue weighted by molar-refractivity contribution is -0.123. The second-order valence-corrected chi connectivity index (χ2v) is 6.63. The molecule has 0 spiro atoms. The van der Waals surface area contributed by atoms with E-state index in [-0.39, 0.29) is 23.9 Å². The first-order valence-corrected chi connectivity index (χ1v) is 8.69. The SMILES string of the molecule is COc1ccc2c(c1)CCC1C(C(=O)NCCc3cnc[nH]3)NNC21. The second-order valence-electron chi connectivity index (χ2n) is 6.63. The van der Waals surface area contributed by atoms with Crippen LogP contribution in [0.15, 0.2) is 30.7 Å². The Morgan fingerprint density at radius 1 is 1.40 bits per heavy atom. The number of methoxy groups -OCH3 is 1. The molecule has 1 aromatic heterocycles. The van der Waals surface area contributed by atoms with Crippen LogP contribution in [0.2, 0.25) is 0 Å². The number of aromatic nitrogens is 2. The maximum absolute atomic E-state index is 12.6. The number of hydrogen-bond donors (Lipinski definition) is 4. The summed E-state index contributed by atoms with van der Waals surface area (Å²) in [6.07, 6.45) is 6.13. The van der Waals surface area contributed by atoms with Crippen LogP contribution in [0.25, 0.3) is 0 Å². The summed E-state index contributed by atoms with van der Waals surface area (Å²) in [5.74, 6) is 1.20. The van der Waals surface area contributed by atoms with Gasteiger partial charge in [-0.1, -0.05) is 6.07 Å². The number of ether oxygens (including phenoxy) is 1. The molecule has 7 heteroatoms. The maximum atomic E-state index is 12.6. The Bertz CT molecular complexity index is 746. The van der Waals surface area contributed by atoms with Crippen LogP contribution in [0.3, 0.4) is 0 Å². The van der Waals surface area contributed by atoms with Gasteiger partial charge < -0.3 is 15.0 Å². The second kappa shape index (κ2) is 6.85. The van der Waals surface area contributed by atoms with Gasteiger partial charge in [-0.25, -0.2) is 15.8 Å². The summed E-state index contributed by atoms with van der Waals surface area (Å²) >= 11 is 0. The number of hydrogen-bond acceptors (Lipinski definition) is 5. The fraction of sp³-hybridized carbons (Fsp3) is 0.444. The van der Waals surface area contributed by atoms with E-state index in [1.165, 1.54) is 11.1 Å². The Kier molecular flexibility index (Phi) is 4.42. The largest absolute Gasteiger partial charge is 0.497 e. The lowest BCUT2D eigenvalue weighted by Crippen LogP contribution is -2.46. The minimum Gasteiger partial charge on any atom is -0.497 e. The first-order valence-electron chi connectivity index (χ1n) is 8.69. The molecule has 1 saturated heterocycles. The molecule has 2 aromatic rings. The van der Waals surface area contributed by atoms with Gasteiger partial charge in [0.1, 0.15) is 11.8 Å². The number of nitrogens with one attached hydrogen (secondary N) is 4. The molecular weight excluding hydrogens is 318 g/mol.